The topological polar surface area (TPSA) is 68.1 Å². The van der Waals surface area contributed by atoms with Crippen molar-refractivity contribution in [3.8, 4) is 0 Å². The van der Waals surface area contributed by atoms with Crippen molar-refractivity contribution in [3.05, 3.63) is 62.4 Å². The van der Waals surface area contributed by atoms with Gasteiger partial charge in [-0.1, -0.05) is 6.07 Å². The number of nitro groups is 1. The summed E-state index contributed by atoms with van der Waals surface area (Å²) >= 11 is 3.34. The van der Waals surface area contributed by atoms with E-state index in [9.17, 15) is 10.1 Å². The van der Waals surface area contributed by atoms with Crippen molar-refractivity contribution < 1.29 is 4.92 Å². The van der Waals surface area contributed by atoms with Crippen LogP contribution in [0.2, 0.25) is 0 Å². The molecule has 1 heterocycles. The molecule has 98 valence electrons. The minimum Gasteiger partial charge on any atom is -0.380 e. The van der Waals surface area contributed by atoms with Gasteiger partial charge in [0.1, 0.15) is 0 Å². The van der Waals surface area contributed by atoms with E-state index in [-0.39, 0.29) is 10.6 Å². The smallest absolute Gasteiger partial charge is 0.273 e. The van der Waals surface area contributed by atoms with Gasteiger partial charge in [-0.05, 0) is 40.5 Å². The number of pyridine rings is 1. The second-order valence-corrected chi connectivity index (χ2v) is 4.94. The average Bonchev–Trinajstić information content (AvgIpc) is 2.40. The second kappa shape index (κ2) is 5.79. The van der Waals surface area contributed by atoms with Gasteiger partial charge < -0.3 is 5.32 Å². The van der Waals surface area contributed by atoms with Crippen LogP contribution in [0.3, 0.4) is 0 Å². The molecule has 0 saturated carbocycles. The van der Waals surface area contributed by atoms with Crippen LogP contribution in [-0.2, 0) is 6.54 Å². The number of nitrogens with one attached hydrogen (secondary N) is 1. The van der Waals surface area contributed by atoms with Crippen molar-refractivity contribution in [2.24, 2.45) is 0 Å². The molecule has 0 radical (unpaired) electrons. The summed E-state index contributed by atoms with van der Waals surface area (Å²) in [6.07, 6.45) is 3.49. The van der Waals surface area contributed by atoms with Crippen LogP contribution >= 0.6 is 15.9 Å². The standard InChI is InChI=1S/C13H12BrN3O2/c1-9-5-12(11(14)6-13(9)17(18)19)16-8-10-3-2-4-15-7-10/h2-7,16H,8H2,1H3. The van der Waals surface area contributed by atoms with Crippen LogP contribution in [0.25, 0.3) is 0 Å². The lowest BCUT2D eigenvalue weighted by Gasteiger charge is -2.09. The van der Waals surface area contributed by atoms with Gasteiger partial charge in [0.2, 0.25) is 0 Å². The number of hydrogen-bond acceptors (Lipinski definition) is 4. The predicted molar refractivity (Wildman–Crippen MR) is 77.1 cm³/mol. The summed E-state index contributed by atoms with van der Waals surface area (Å²) in [6, 6.07) is 7.11. The molecule has 19 heavy (non-hydrogen) atoms. The first-order valence-electron chi connectivity index (χ1n) is 5.65. The number of halogens is 1. The Morgan fingerprint density at radius 1 is 1.47 bits per heavy atom. The van der Waals surface area contributed by atoms with Gasteiger partial charge in [0.15, 0.2) is 0 Å². The van der Waals surface area contributed by atoms with Gasteiger partial charge in [-0.2, -0.15) is 0 Å². The molecule has 1 aromatic carbocycles. The van der Waals surface area contributed by atoms with Crippen LogP contribution in [0.15, 0.2) is 41.1 Å². The van der Waals surface area contributed by atoms with E-state index < -0.39 is 0 Å². The lowest BCUT2D eigenvalue weighted by molar-refractivity contribution is -0.385. The van der Waals surface area contributed by atoms with Crippen molar-refractivity contribution in [2.75, 3.05) is 5.32 Å². The van der Waals surface area contributed by atoms with Crippen molar-refractivity contribution >= 4 is 27.3 Å². The molecule has 0 fully saturated rings. The maximum Gasteiger partial charge on any atom is 0.273 e. The van der Waals surface area contributed by atoms with Crippen molar-refractivity contribution in [1.82, 2.24) is 4.98 Å². The Kier molecular flexibility index (Phi) is 4.11. The fourth-order valence-electron chi connectivity index (χ4n) is 1.70. The van der Waals surface area contributed by atoms with Crippen molar-refractivity contribution in [3.63, 3.8) is 0 Å². The van der Waals surface area contributed by atoms with E-state index in [0.29, 0.717) is 16.6 Å². The molecule has 6 heteroatoms. The van der Waals surface area contributed by atoms with Gasteiger partial charge >= 0.3 is 0 Å². The SMILES string of the molecule is Cc1cc(NCc2cccnc2)c(Br)cc1[N+](=O)[O-]. The quantitative estimate of drug-likeness (QED) is 0.689. The molecule has 0 bridgehead atoms. The highest BCUT2D eigenvalue weighted by molar-refractivity contribution is 9.10. The summed E-state index contributed by atoms with van der Waals surface area (Å²) in [4.78, 5) is 14.5. The van der Waals surface area contributed by atoms with Crippen LogP contribution in [-0.4, -0.2) is 9.91 Å². The minimum atomic E-state index is -0.384. The molecular formula is C13H12BrN3O2. The minimum absolute atomic E-state index is 0.110. The van der Waals surface area contributed by atoms with E-state index in [0.717, 1.165) is 11.3 Å². The summed E-state index contributed by atoms with van der Waals surface area (Å²) in [5, 5.41) is 14.0. The molecule has 0 unspecified atom stereocenters. The number of anilines is 1. The fourth-order valence-corrected chi connectivity index (χ4v) is 2.17. The zero-order valence-corrected chi connectivity index (χ0v) is 11.8. The summed E-state index contributed by atoms with van der Waals surface area (Å²) in [5.74, 6) is 0. The zero-order valence-electron chi connectivity index (χ0n) is 10.3. The maximum absolute atomic E-state index is 10.8. The third-order valence-corrected chi connectivity index (χ3v) is 3.34. The number of hydrogen-bond donors (Lipinski definition) is 1. The summed E-state index contributed by atoms with van der Waals surface area (Å²) < 4.78 is 0.675. The Labute approximate surface area is 119 Å². The van der Waals surface area contributed by atoms with Crippen LogP contribution in [0.5, 0.6) is 0 Å². The van der Waals surface area contributed by atoms with Crippen LogP contribution in [0.4, 0.5) is 11.4 Å². The van der Waals surface area contributed by atoms with E-state index in [1.165, 1.54) is 6.07 Å². The highest BCUT2D eigenvalue weighted by Crippen LogP contribution is 2.30. The number of nitrogens with zero attached hydrogens (tertiary/aromatic N) is 2. The van der Waals surface area contributed by atoms with Gasteiger partial charge in [0, 0.05) is 40.7 Å². The van der Waals surface area contributed by atoms with Gasteiger partial charge in [-0.15, -0.1) is 0 Å². The Bertz CT molecular complexity index is 602. The van der Waals surface area contributed by atoms with Crippen molar-refractivity contribution in [2.45, 2.75) is 13.5 Å². The van der Waals surface area contributed by atoms with E-state index in [2.05, 4.69) is 26.2 Å². The Balaban J connectivity index is 2.17. The number of aromatic nitrogens is 1. The third kappa shape index (κ3) is 3.29. The molecule has 1 aromatic heterocycles. The van der Waals surface area contributed by atoms with Gasteiger partial charge in [0.05, 0.1) is 4.92 Å². The molecule has 0 aliphatic carbocycles. The summed E-state index contributed by atoms with van der Waals surface area (Å²) in [7, 11) is 0. The molecular weight excluding hydrogens is 310 g/mol. The largest absolute Gasteiger partial charge is 0.380 e. The first-order chi connectivity index (χ1) is 9.08. The summed E-state index contributed by atoms with van der Waals surface area (Å²) in [5.41, 5.74) is 2.61. The molecule has 2 aromatic rings. The predicted octanol–water partition coefficient (Wildman–Crippen LogP) is 3.67. The molecule has 0 atom stereocenters. The number of benzene rings is 1. The summed E-state index contributed by atoms with van der Waals surface area (Å²) in [6.45, 7) is 2.34. The number of nitro benzene ring substituents is 1. The molecule has 0 aliphatic heterocycles. The van der Waals surface area contributed by atoms with Crippen LogP contribution in [0.1, 0.15) is 11.1 Å². The van der Waals surface area contributed by atoms with E-state index in [4.69, 9.17) is 0 Å². The van der Waals surface area contributed by atoms with E-state index in [1.54, 1.807) is 25.4 Å². The normalized spacial score (nSPS) is 10.2. The number of aryl methyl sites for hydroxylation is 1. The Morgan fingerprint density at radius 2 is 2.26 bits per heavy atom. The lowest BCUT2D eigenvalue weighted by atomic mass is 10.1. The molecule has 1 N–H and O–H groups in total. The van der Waals surface area contributed by atoms with Gasteiger partial charge in [0.25, 0.3) is 5.69 Å². The second-order valence-electron chi connectivity index (χ2n) is 4.09. The fraction of sp³-hybridized carbons (Fsp3) is 0.154. The van der Waals surface area contributed by atoms with E-state index in [1.807, 2.05) is 12.1 Å². The first kappa shape index (κ1) is 13.5. The highest BCUT2D eigenvalue weighted by atomic mass is 79.9. The molecule has 5 nitrogen and oxygen atoms in total. The maximum atomic E-state index is 10.8. The average molecular weight is 322 g/mol. The highest BCUT2D eigenvalue weighted by Gasteiger charge is 2.13. The molecule has 2 rings (SSSR count). The first-order valence-corrected chi connectivity index (χ1v) is 6.44. The van der Waals surface area contributed by atoms with Crippen molar-refractivity contribution in [1.29, 1.82) is 0 Å². The lowest BCUT2D eigenvalue weighted by Crippen LogP contribution is -2.02. The van der Waals surface area contributed by atoms with E-state index >= 15 is 0 Å². The van der Waals surface area contributed by atoms with Crippen LogP contribution < -0.4 is 5.32 Å². The molecule has 0 spiro atoms. The monoisotopic (exact) mass is 321 g/mol. The number of rotatable bonds is 4. The molecule has 0 aliphatic rings. The molecule has 0 saturated heterocycles. The Hall–Kier alpha value is -1.95. The zero-order chi connectivity index (χ0) is 13.8. The Morgan fingerprint density at radius 3 is 2.89 bits per heavy atom. The van der Waals surface area contributed by atoms with Gasteiger partial charge in [-0.25, -0.2) is 0 Å². The van der Waals surface area contributed by atoms with Crippen LogP contribution in [0, 0.1) is 17.0 Å². The molecule has 0 amide bonds. The van der Waals surface area contributed by atoms with Gasteiger partial charge in [-0.3, -0.25) is 15.1 Å². The third-order valence-electron chi connectivity index (χ3n) is 2.69.